The molecule has 62 valence electrons. The van der Waals surface area contributed by atoms with Gasteiger partial charge in [-0.3, -0.25) is 0 Å². The average molecular weight is 179 g/mol. The van der Waals surface area contributed by atoms with E-state index in [1.807, 2.05) is 23.6 Å². The van der Waals surface area contributed by atoms with E-state index in [4.69, 9.17) is 5.53 Å². The van der Waals surface area contributed by atoms with Gasteiger partial charge in [0.25, 0.3) is 0 Å². The number of hydrogen-bond donors (Lipinski definition) is 0. The summed E-state index contributed by atoms with van der Waals surface area (Å²) in [6.07, 6.45) is 4.86. The van der Waals surface area contributed by atoms with Crippen molar-refractivity contribution in [3.05, 3.63) is 38.9 Å². The van der Waals surface area contributed by atoms with Gasteiger partial charge in [0.15, 0.2) is 0 Å². The molecule has 4 heteroatoms. The molecule has 12 heavy (non-hydrogen) atoms. The Kier molecular flexibility index (Phi) is 3.98. The minimum absolute atomic E-state index is 0.540. The van der Waals surface area contributed by atoms with Crippen LogP contribution < -0.4 is 0 Å². The van der Waals surface area contributed by atoms with Crippen molar-refractivity contribution in [1.29, 1.82) is 0 Å². The van der Waals surface area contributed by atoms with Crippen molar-refractivity contribution in [2.75, 3.05) is 6.54 Å². The Balaban J connectivity index is 2.27. The maximum Gasteiger partial charge on any atom is 0.0292 e. The number of azide groups is 1. The van der Waals surface area contributed by atoms with Crippen LogP contribution in [0.25, 0.3) is 16.5 Å². The highest BCUT2D eigenvalue weighted by molar-refractivity contribution is 7.10. The third-order valence-corrected chi connectivity index (χ3v) is 2.12. The second-order valence-corrected chi connectivity index (χ2v) is 3.14. The molecular weight excluding hydrogens is 170 g/mol. The van der Waals surface area contributed by atoms with Crippen LogP contribution in [-0.2, 0) is 0 Å². The Bertz CT molecular complexity index is 283. The van der Waals surface area contributed by atoms with Crippen molar-refractivity contribution in [3.8, 4) is 0 Å². The molecule has 0 spiro atoms. The zero-order valence-corrected chi connectivity index (χ0v) is 7.37. The largest absolute Gasteiger partial charge is 0.144 e. The molecular formula is C8H9N3S. The van der Waals surface area contributed by atoms with Gasteiger partial charge < -0.3 is 0 Å². The first kappa shape index (κ1) is 8.84. The van der Waals surface area contributed by atoms with Gasteiger partial charge in [-0.15, -0.1) is 11.3 Å². The maximum absolute atomic E-state index is 7.99. The summed E-state index contributed by atoms with van der Waals surface area (Å²) in [6.45, 7) is 0.540. The van der Waals surface area contributed by atoms with E-state index in [-0.39, 0.29) is 0 Å². The number of rotatable bonds is 4. The SMILES string of the molecule is [N-]=[N+]=NCCC=Cc1cccs1. The van der Waals surface area contributed by atoms with E-state index in [0.717, 1.165) is 6.42 Å². The van der Waals surface area contributed by atoms with Gasteiger partial charge in [-0.05, 0) is 29.5 Å². The lowest BCUT2D eigenvalue weighted by Crippen LogP contribution is -1.71. The molecule has 0 amide bonds. The average Bonchev–Trinajstić information content (AvgIpc) is 2.57. The second kappa shape index (κ2) is 5.41. The van der Waals surface area contributed by atoms with Crippen LogP contribution in [0.4, 0.5) is 0 Å². The molecule has 1 aromatic rings. The van der Waals surface area contributed by atoms with Crippen molar-refractivity contribution in [1.82, 2.24) is 0 Å². The van der Waals surface area contributed by atoms with Crippen LogP contribution in [0, 0.1) is 0 Å². The Labute approximate surface area is 75.0 Å². The first-order valence-electron chi connectivity index (χ1n) is 3.64. The van der Waals surface area contributed by atoms with Crippen LogP contribution in [0.1, 0.15) is 11.3 Å². The monoisotopic (exact) mass is 179 g/mol. The molecule has 0 atom stereocenters. The van der Waals surface area contributed by atoms with E-state index in [2.05, 4.69) is 16.1 Å². The van der Waals surface area contributed by atoms with Gasteiger partial charge >= 0.3 is 0 Å². The van der Waals surface area contributed by atoms with E-state index in [1.165, 1.54) is 4.88 Å². The predicted molar refractivity (Wildman–Crippen MR) is 52.0 cm³/mol. The molecule has 0 fully saturated rings. The Morgan fingerprint density at radius 2 is 2.58 bits per heavy atom. The van der Waals surface area contributed by atoms with E-state index in [0.29, 0.717) is 6.54 Å². The van der Waals surface area contributed by atoms with Gasteiger partial charge in [0.05, 0.1) is 0 Å². The van der Waals surface area contributed by atoms with E-state index >= 15 is 0 Å². The molecule has 1 rings (SSSR count). The van der Waals surface area contributed by atoms with Crippen molar-refractivity contribution in [2.45, 2.75) is 6.42 Å². The van der Waals surface area contributed by atoms with Crippen molar-refractivity contribution in [3.63, 3.8) is 0 Å². The fourth-order valence-corrected chi connectivity index (χ4v) is 1.41. The van der Waals surface area contributed by atoms with Crippen LogP contribution in [0.2, 0.25) is 0 Å². The van der Waals surface area contributed by atoms with Crippen molar-refractivity contribution in [2.24, 2.45) is 5.11 Å². The van der Waals surface area contributed by atoms with E-state index < -0.39 is 0 Å². The van der Waals surface area contributed by atoms with Crippen LogP contribution in [0.5, 0.6) is 0 Å². The number of thiophene rings is 1. The molecule has 0 N–H and O–H groups in total. The first-order valence-corrected chi connectivity index (χ1v) is 4.52. The van der Waals surface area contributed by atoms with E-state index in [1.54, 1.807) is 11.3 Å². The summed E-state index contributed by atoms with van der Waals surface area (Å²) >= 11 is 1.70. The zero-order valence-electron chi connectivity index (χ0n) is 6.55. The summed E-state index contributed by atoms with van der Waals surface area (Å²) in [5.41, 5.74) is 7.99. The van der Waals surface area contributed by atoms with Gasteiger partial charge in [0.1, 0.15) is 0 Å². The topological polar surface area (TPSA) is 48.8 Å². The van der Waals surface area contributed by atoms with Crippen molar-refractivity contribution >= 4 is 17.4 Å². The maximum atomic E-state index is 7.99. The molecule has 1 heterocycles. The summed E-state index contributed by atoms with van der Waals surface area (Å²) in [5, 5.41) is 5.46. The molecule has 0 radical (unpaired) electrons. The molecule has 1 aromatic heterocycles. The molecule has 0 aliphatic heterocycles. The van der Waals surface area contributed by atoms with E-state index in [9.17, 15) is 0 Å². The minimum atomic E-state index is 0.540. The summed E-state index contributed by atoms with van der Waals surface area (Å²) < 4.78 is 0. The Hall–Kier alpha value is -1.25. The molecule has 0 saturated heterocycles. The van der Waals surface area contributed by atoms with Gasteiger partial charge in [-0.25, -0.2) is 0 Å². The number of hydrogen-bond acceptors (Lipinski definition) is 2. The molecule has 0 bridgehead atoms. The van der Waals surface area contributed by atoms with Gasteiger partial charge in [0.2, 0.25) is 0 Å². The summed E-state index contributed by atoms with van der Waals surface area (Å²) in [7, 11) is 0. The highest BCUT2D eigenvalue weighted by Gasteiger charge is 1.83. The fourth-order valence-electron chi connectivity index (χ4n) is 0.763. The molecule has 0 saturated carbocycles. The normalized spacial score (nSPS) is 10.0. The standard InChI is InChI=1S/C8H9N3S/c9-11-10-6-2-1-4-8-5-3-7-12-8/h1,3-5,7H,2,6H2. The lowest BCUT2D eigenvalue weighted by molar-refractivity contribution is 0.996. The Morgan fingerprint density at radius 3 is 3.25 bits per heavy atom. The molecule has 0 aromatic carbocycles. The second-order valence-electron chi connectivity index (χ2n) is 2.16. The molecule has 0 aliphatic carbocycles. The van der Waals surface area contributed by atoms with Crippen LogP contribution >= 0.6 is 11.3 Å². The quantitative estimate of drug-likeness (QED) is 0.294. The Morgan fingerprint density at radius 1 is 1.67 bits per heavy atom. The van der Waals surface area contributed by atoms with Crippen molar-refractivity contribution < 1.29 is 0 Å². The van der Waals surface area contributed by atoms with Gasteiger partial charge in [0, 0.05) is 16.3 Å². The lowest BCUT2D eigenvalue weighted by atomic mass is 10.3. The van der Waals surface area contributed by atoms with Crippen LogP contribution in [-0.4, -0.2) is 6.54 Å². The smallest absolute Gasteiger partial charge is 0.0292 e. The predicted octanol–water partition coefficient (Wildman–Crippen LogP) is 3.46. The third kappa shape index (κ3) is 3.23. The third-order valence-electron chi connectivity index (χ3n) is 1.28. The minimum Gasteiger partial charge on any atom is -0.144 e. The van der Waals surface area contributed by atoms with Crippen LogP contribution in [0.3, 0.4) is 0 Å². The van der Waals surface area contributed by atoms with Gasteiger partial charge in [-0.2, -0.15) is 0 Å². The molecule has 0 unspecified atom stereocenters. The summed E-state index contributed by atoms with van der Waals surface area (Å²) in [6, 6.07) is 4.06. The first-order chi connectivity index (χ1) is 5.93. The highest BCUT2D eigenvalue weighted by atomic mass is 32.1. The molecule has 0 aliphatic rings. The molecule has 3 nitrogen and oxygen atoms in total. The fraction of sp³-hybridized carbons (Fsp3) is 0.250. The zero-order chi connectivity index (χ0) is 8.65. The lowest BCUT2D eigenvalue weighted by Gasteiger charge is -1.83. The van der Waals surface area contributed by atoms with Crippen LogP contribution in [0.15, 0.2) is 28.7 Å². The summed E-state index contributed by atoms with van der Waals surface area (Å²) in [4.78, 5) is 3.90. The summed E-state index contributed by atoms with van der Waals surface area (Å²) in [5.74, 6) is 0. The number of nitrogens with zero attached hydrogens (tertiary/aromatic N) is 3. The highest BCUT2D eigenvalue weighted by Crippen LogP contribution is 2.10. The van der Waals surface area contributed by atoms with Gasteiger partial charge in [-0.1, -0.05) is 17.3 Å².